The van der Waals surface area contributed by atoms with Crippen molar-refractivity contribution >= 4 is 34.6 Å². The number of rotatable bonds is 2. The summed E-state index contributed by atoms with van der Waals surface area (Å²) >= 11 is 11.5. The third-order valence-corrected chi connectivity index (χ3v) is 1.81. The van der Waals surface area contributed by atoms with Crippen LogP contribution in [-0.2, 0) is 0 Å². The Morgan fingerprint density at radius 3 is 2.43 bits per heavy atom. The minimum Gasteiger partial charge on any atom is -0.277 e. The fourth-order valence-corrected chi connectivity index (χ4v) is 1.32. The molecule has 0 aromatic heterocycles. The number of hydrazone groups is 1. The Labute approximate surface area is 91.9 Å². The van der Waals surface area contributed by atoms with Crippen molar-refractivity contribution < 1.29 is 0 Å². The zero-order valence-corrected chi connectivity index (χ0v) is 8.89. The second-order valence-corrected chi connectivity index (χ2v) is 3.45. The lowest BCUT2D eigenvalue weighted by molar-refractivity contribution is 1.33. The van der Waals surface area contributed by atoms with Crippen LogP contribution < -0.4 is 5.43 Å². The first kappa shape index (κ1) is 10.8. The van der Waals surface area contributed by atoms with E-state index in [1.54, 1.807) is 25.1 Å². The maximum atomic E-state index is 8.45. The molecule has 0 aliphatic rings. The van der Waals surface area contributed by atoms with E-state index in [-0.39, 0.29) is 0 Å². The predicted octanol–water partition coefficient (Wildman–Crippen LogP) is 3.30. The van der Waals surface area contributed by atoms with Crippen LogP contribution in [0.25, 0.3) is 0 Å². The number of nitrogens with zero attached hydrogens (tertiary/aromatic N) is 2. The summed E-state index contributed by atoms with van der Waals surface area (Å²) in [7, 11) is 0. The highest BCUT2D eigenvalue weighted by Crippen LogP contribution is 2.22. The molecule has 1 aromatic carbocycles. The molecule has 0 atom stereocenters. The van der Waals surface area contributed by atoms with Gasteiger partial charge in [0, 0.05) is 10.0 Å². The van der Waals surface area contributed by atoms with Crippen LogP contribution in [0.5, 0.6) is 0 Å². The smallest absolute Gasteiger partial charge is 0.134 e. The van der Waals surface area contributed by atoms with E-state index >= 15 is 0 Å². The topological polar surface area (TPSA) is 48.2 Å². The van der Waals surface area contributed by atoms with Crippen molar-refractivity contribution in [3.05, 3.63) is 28.2 Å². The third-order valence-electron chi connectivity index (χ3n) is 1.38. The normalized spacial score (nSPS) is 10.9. The van der Waals surface area contributed by atoms with Crippen LogP contribution in [-0.4, -0.2) is 5.71 Å². The summed E-state index contributed by atoms with van der Waals surface area (Å²) in [5.41, 5.74) is 3.66. The Balaban J connectivity index is 2.83. The molecule has 0 unspecified atom stereocenters. The lowest BCUT2D eigenvalue weighted by Gasteiger charge is -2.01. The van der Waals surface area contributed by atoms with Gasteiger partial charge < -0.3 is 0 Å². The van der Waals surface area contributed by atoms with E-state index < -0.39 is 0 Å². The van der Waals surface area contributed by atoms with Crippen LogP contribution in [0.15, 0.2) is 23.3 Å². The Morgan fingerprint density at radius 2 is 1.93 bits per heavy atom. The molecule has 0 fully saturated rings. The monoisotopic (exact) mass is 227 g/mol. The van der Waals surface area contributed by atoms with E-state index in [1.165, 1.54) is 0 Å². The molecule has 3 nitrogen and oxygen atoms in total. The number of anilines is 1. The van der Waals surface area contributed by atoms with Crippen molar-refractivity contribution in [1.82, 2.24) is 0 Å². The van der Waals surface area contributed by atoms with E-state index in [1.807, 2.05) is 6.07 Å². The minimum atomic E-state index is 0.334. The average molecular weight is 228 g/mol. The standard InChI is InChI=1S/C9H7Cl2N3/c1-6(5-12)13-14-9-3-7(10)2-8(11)4-9/h2-4,14H,1H3. The zero-order valence-electron chi connectivity index (χ0n) is 7.38. The van der Waals surface area contributed by atoms with Gasteiger partial charge in [-0.3, -0.25) is 5.43 Å². The Bertz CT molecular complexity index is 387. The van der Waals surface area contributed by atoms with Crippen LogP contribution in [0.2, 0.25) is 10.0 Å². The molecule has 1 aromatic rings. The summed E-state index contributed by atoms with van der Waals surface area (Å²) in [5.74, 6) is 0. The summed E-state index contributed by atoms with van der Waals surface area (Å²) in [6, 6.07) is 6.84. The maximum absolute atomic E-state index is 8.45. The van der Waals surface area contributed by atoms with Gasteiger partial charge >= 0.3 is 0 Å². The van der Waals surface area contributed by atoms with Crippen LogP contribution in [0.1, 0.15) is 6.92 Å². The van der Waals surface area contributed by atoms with Gasteiger partial charge in [0.25, 0.3) is 0 Å². The summed E-state index contributed by atoms with van der Waals surface area (Å²) in [6.45, 7) is 1.60. The molecular weight excluding hydrogens is 221 g/mol. The number of nitrogens with one attached hydrogen (secondary N) is 1. The van der Waals surface area contributed by atoms with Gasteiger partial charge in [0.1, 0.15) is 11.8 Å². The molecule has 0 amide bonds. The van der Waals surface area contributed by atoms with Gasteiger partial charge in [0.05, 0.1) is 5.69 Å². The molecule has 0 aliphatic carbocycles. The molecule has 5 heteroatoms. The molecule has 0 aliphatic heterocycles. The van der Waals surface area contributed by atoms with Crippen LogP contribution in [0.3, 0.4) is 0 Å². The van der Waals surface area contributed by atoms with Gasteiger partial charge in [0.15, 0.2) is 0 Å². The number of nitriles is 1. The molecule has 0 saturated heterocycles. The van der Waals surface area contributed by atoms with E-state index in [4.69, 9.17) is 28.5 Å². The Hall–Kier alpha value is -1.24. The fourth-order valence-electron chi connectivity index (χ4n) is 0.792. The maximum Gasteiger partial charge on any atom is 0.134 e. The summed E-state index contributed by atoms with van der Waals surface area (Å²) in [4.78, 5) is 0. The van der Waals surface area contributed by atoms with E-state index in [9.17, 15) is 0 Å². The summed E-state index contributed by atoms with van der Waals surface area (Å²) < 4.78 is 0. The quantitative estimate of drug-likeness (QED) is 0.623. The first-order chi connectivity index (χ1) is 6.61. The van der Waals surface area contributed by atoms with E-state index in [2.05, 4.69) is 10.5 Å². The van der Waals surface area contributed by atoms with Crippen molar-refractivity contribution in [3.63, 3.8) is 0 Å². The van der Waals surface area contributed by atoms with Crippen molar-refractivity contribution in [1.29, 1.82) is 5.26 Å². The Kier molecular flexibility index (Phi) is 3.75. The lowest BCUT2D eigenvalue weighted by atomic mass is 10.3. The molecule has 14 heavy (non-hydrogen) atoms. The van der Waals surface area contributed by atoms with E-state index in [0.717, 1.165) is 0 Å². The molecular formula is C9H7Cl2N3. The highest BCUT2D eigenvalue weighted by molar-refractivity contribution is 6.35. The van der Waals surface area contributed by atoms with Gasteiger partial charge in [-0.05, 0) is 25.1 Å². The van der Waals surface area contributed by atoms with E-state index in [0.29, 0.717) is 21.4 Å². The van der Waals surface area contributed by atoms with Crippen LogP contribution in [0, 0.1) is 11.3 Å². The summed E-state index contributed by atoms with van der Waals surface area (Å²) in [5, 5.41) is 13.3. The first-order valence-electron chi connectivity index (χ1n) is 3.78. The second-order valence-electron chi connectivity index (χ2n) is 2.58. The van der Waals surface area contributed by atoms with Crippen molar-refractivity contribution in [2.24, 2.45) is 5.10 Å². The molecule has 0 bridgehead atoms. The number of hydrogen-bond donors (Lipinski definition) is 1. The highest BCUT2D eigenvalue weighted by Gasteiger charge is 1.96. The van der Waals surface area contributed by atoms with Crippen LogP contribution in [0.4, 0.5) is 5.69 Å². The predicted molar refractivity (Wildman–Crippen MR) is 58.8 cm³/mol. The van der Waals surface area contributed by atoms with Gasteiger partial charge in [-0.1, -0.05) is 23.2 Å². The molecule has 0 spiro atoms. The molecule has 0 saturated carbocycles. The SMILES string of the molecule is CC(C#N)=NNc1cc(Cl)cc(Cl)c1. The van der Waals surface area contributed by atoms with Gasteiger partial charge in [-0.2, -0.15) is 10.4 Å². The van der Waals surface area contributed by atoms with Crippen LogP contribution >= 0.6 is 23.2 Å². The molecule has 72 valence electrons. The highest BCUT2D eigenvalue weighted by atomic mass is 35.5. The molecule has 1 rings (SSSR count). The first-order valence-corrected chi connectivity index (χ1v) is 4.54. The van der Waals surface area contributed by atoms with Gasteiger partial charge in [-0.25, -0.2) is 0 Å². The number of hydrogen-bond acceptors (Lipinski definition) is 3. The Morgan fingerprint density at radius 1 is 1.36 bits per heavy atom. The van der Waals surface area contributed by atoms with Crippen molar-refractivity contribution in [2.75, 3.05) is 5.43 Å². The summed E-state index contributed by atoms with van der Waals surface area (Å²) in [6.07, 6.45) is 0. The number of benzene rings is 1. The average Bonchev–Trinajstić information content (AvgIpc) is 2.12. The second kappa shape index (κ2) is 4.85. The molecule has 0 heterocycles. The number of halogens is 2. The fraction of sp³-hybridized carbons (Fsp3) is 0.111. The molecule has 0 radical (unpaired) electrons. The van der Waals surface area contributed by atoms with Crippen molar-refractivity contribution in [3.8, 4) is 6.07 Å². The largest absolute Gasteiger partial charge is 0.277 e. The lowest BCUT2D eigenvalue weighted by Crippen LogP contribution is -1.94. The van der Waals surface area contributed by atoms with Gasteiger partial charge in [0.2, 0.25) is 0 Å². The molecule has 1 N–H and O–H groups in total. The van der Waals surface area contributed by atoms with Crippen molar-refractivity contribution in [2.45, 2.75) is 6.92 Å². The van der Waals surface area contributed by atoms with Gasteiger partial charge in [-0.15, -0.1) is 0 Å². The third kappa shape index (κ3) is 3.25. The minimum absolute atomic E-state index is 0.334. The zero-order chi connectivity index (χ0) is 10.6.